The fourth-order valence-corrected chi connectivity index (χ4v) is 2.56. The molecule has 20 heavy (non-hydrogen) atoms. The Hall–Kier alpha value is -1.13. The summed E-state index contributed by atoms with van der Waals surface area (Å²) >= 11 is 0. The Kier molecular flexibility index (Phi) is 6.43. The highest BCUT2D eigenvalue weighted by Crippen LogP contribution is 2.18. The molecule has 1 aromatic carbocycles. The lowest BCUT2D eigenvalue weighted by Crippen LogP contribution is -2.42. The summed E-state index contributed by atoms with van der Waals surface area (Å²) in [5.41, 5.74) is 0.715. The molecule has 5 heteroatoms. The SMILES string of the molecule is CCCN(C(=O)c1cccc(C)c1F)C1CCNC1.Cl. The molecular formula is C15H22ClFN2O. The normalized spacial score (nSPS) is 17.6. The first-order valence-electron chi connectivity index (χ1n) is 6.92. The molecule has 0 spiro atoms. The van der Waals surface area contributed by atoms with Gasteiger partial charge in [-0.15, -0.1) is 12.4 Å². The Labute approximate surface area is 125 Å². The summed E-state index contributed by atoms with van der Waals surface area (Å²) in [4.78, 5) is 14.4. The Morgan fingerprint density at radius 2 is 2.25 bits per heavy atom. The molecule has 1 saturated heterocycles. The highest BCUT2D eigenvalue weighted by molar-refractivity contribution is 5.95. The lowest BCUT2D eigenvalue weighted by atomic mass is 10.1. The minimum atomic E-state index is -0.389. The van der Waals surface area contributed by atoms with Crippen LogP contribution in [0, 0.1) is 12.7 Å². The molecule has 0 aromatic heterocycles. The van der Waals surface area contributed by atoms with E-state index in [0.29, 0.717) is 12.1 Å². The van der Waals surface area contributed by atoms with E-state index in [1.165, 1.54) is 0 Å². The van der Waals surface area contributed by atoms with Gasteiger partial charge in [0.05, 0.1) is 5.56 Å². The third-order valence-electron chi connectivity index (χ3n) is 3.62. The fourth-order valence-electron chi connectivity index (χ4n) is 2.56. The zero-order valence-corrected chi connectivity index (χ0v) is 12.8. The molecule has 112 valence electrons. The van der Waals surface area contributed by atoms with Gasteiger partial charge in [0.25, 0.3) is 5.91 Å². The lowest BCUT2D eigenvalue weighted by molar-refractivity contribution is 0.0687. The van der Waals surface area contributed by atoms with Gasteiger partial charge in [-0.3, -0.25) is 4.79 Å². The molecule has 1 aromatic rings. The van der Waals surface area contributed by atoms with E-state index in [1.807, 2.05) is 11.8 Å². The van der Waals surface area contributed by atoms with E-state index in [9.17, 15) is 9.18 Å². The van der Waals surface area contributed by atoms with Gasteiger partial charge in [0.2, 0.25) is 0 Å². The number of hydrogen-bond donors (Lipinski definition) is 1. The van der Waals surface area contributed by atoms with Crippen LogP contribution in [0.5, 0.6) is 0 Å². The van der Waals surface area contributed by atoms with Gasteiger partial charge >= 0.3 is 0 Å². The minimum Gasteiger partial charge on any atom is -0.334 e. The van der Waals surface area contributed by atoms with Crippen molar-refractivity contribution in [2.45, 2.75) is 32.7 Å². The van der Waals surface area contributed by atoms with Crippen molar-refractivity contribution in [3.63, 3.8) is 0 Å². The average molecular weight is 301 g/mol. The minimum absolute atomic E-state index is 0. The van der Waals surface area contributed by atoms with Crippen molar-refractivity contribution in [1.82, 2.24) is 10.2 Å². The van der Waals surface area contributed by atoms with Crippen molar-refractivity contribution >= 4 is 18.3 Å². The third-order valence-corrected chi connectivity index (χ3v) is 3.62. The molecule has 1 atom stereocenters. The molecule has 1 fully saturated rings. The predicted molar refractivity (Wildman–Crippen MR) is 81.0 cm³/mol. The molecule has 1 heterocycles. The van der Waals surface area contributed by atoms with Crippen molar-refractivity contribution < 1.29 is 9.18 Å². The average Bonchev–Trinajstić information content (AvgIpc) is 2.92. The van der Waals surface area contributed by atoms with Gasteiger partial charge in [-0.25, -0.2) is 4.39 Å². The van der Waals surface area contributed by atoms with Crippen LogP contribution in [0.2, 0.25) is 0 Å². The van der Waals surface area contributed by atoms with Gasteiger partial charge in [0.15, 0.2) is 0 Å². The number of nitrogens with zero attached hydrogens (tertiary/aromatic N) is 1. The Morgan fingerprint density at radius 1 is 1.50 bits per heavy atom. The van der Waals surface area contributed by atoms with E-state index in [2.05, 4.69) is 5.32 Å². The highest BCUT2D eigenvalue weighted by atomic mass is 35.5. The van der Waals surface area contributed by atoms with Crippen LogP contribution in [0.15, 0.2) is 18.2 Å². The van der Waals surface area contributed by atoms with E-state index in [1.54, 1.807) is 25.1 Å². The maximum absolute atomic E-state index is 14.1. The quantitative estimate of drug-likeness (QED) is 0.927. The topological polar surface area (TPSA) is 32.3 Å². The van der Waals surface area contributed by atoms with Crippen LogP contribution >= 0.6 is 12.4 Å². The van der Waals surface area contributed by atoms with Gasteiger partial charge in [0, 0.05) is 19.1 Å². The Morgan fingerprint density at radius 3 is 2.85 bits per heavy atom. The molecule has 0 radical (unpaired) electrons. The number of hydrogen-bond acceptors (Lipinski definition) is 2. The largest absolute Gasteiger partial charge is 0.334 e. The molecule has 2 rings (SSSR count). The zero-order chi connectivity index (χ0) is 13.8. The second-order valence-electron chi connectivity index (χ2n) is 5.08. The van der Waals surface area contributed by atoms with E-state index in [-0.39, 0.29) is 35.7 Å². The standard InChI is InChI=1S/C15H21FN2O.ClH/c1-3-9-18(12-7-8-17-10-12)15(19)13-6-4-5-11(2)14(13)16;/h4-6,12,17H,3,7-10H2,1-2H3;1H. The summed E-state index contributed by atoms with van der Waals surface area (Å²) in [5.74, 6) is -0.573. The van der Waals surface area contributed by atoms with Gasteiger partial charge in [-0.1, -0.05) is 19.1 Å². The number of halogens is 2. The van der Waals surface area contributed by atoms with E-state index in [4.69, 9.17) is 0 Å². The molecule has 0 saturated carbocycles. The summed E-state index contributed by atoms with van der Waals surface area (Å²) in [6.07, 6.45) is 1.83. The molecule has 1 unspecified atom stereocenters. The molecule has 1 aliphatic rings. The zero-order valence-electron chi connectivity index (χ0n) is 12.0. The first-order valence-corrected chi connectivity index (χ1v) is 6.92. The summed E-state index contributed by atoms with van der Waals surface area (Å²) in [5, 5.41) is 3.26. The Balaban J connectivity index is 0.00000200. The monoisotopic (exact) mass is 300 g/mol. The summed E-state index contributed by atoms with van der Waals surface area (Å²) in [6, 6.07) is 5.19. The molecule has 1 aliphatic heterocycles. The number of carbonyl (C=O) groups excluding carboxylic acids is 1. The second kappa shape index (κ2) is 7.60. The van der Waals surface area contributed by atoms with Crippen molar-refractivity contribution in [3.05, 3.63) is 35.1 Å². The van der Waals surface area contributed by atoms with E-state index >= 15 is 0 Å². The summed E-state index contributed by atoms with van der Waals surface area (Å²) < 4.78 is 14.1. The van der Waals surface area contributed by atoms with Crippen molar-refractivity contribution in [3.8, 4) is 0 Å². The van der Waals surface area contributed by atoms with Crippen LogP contribution in [0.1, 0.15) is 35.7 Å². The second-order valence-corrected chi connectivity index (χ2v) is 5.08. The summed E-state index contributed by atoms with van der Waals surface area (Å²) in [7, 11) is 0. The van der Waals surface area contributed by atoms with Crippen LogP contribution in [-0.4, -0.2) is 36.5 Å². The number of aryl methyl sites for hydroxylation is 1. The number of rotatable bonds is 4. The fraction of sp³-hybridized carbons (Fsp3) is 0.533. The first-order chi connectivity index (χ1) is 9.15. The molecule has 0 aliphatic carbocycles. The Bertz CT molecular complexity index is 461. The lowest BCUT2D eigenvalue weighted by Gasteiger charge is -2.28. The number of amides is 1. The van der Waals surface area contributed by atoms with Crippen LogP contribution in [0.25, 0.3) is 0 Å². The third kappa shape index (κ3) is 3.49. The van der Waals surface area contributed by atoms with Crippen LogP contribution in [-0.2, 0) is 0 Å². The van der Waals surface area contributed by atoms with Gasteiger partial charge < -0.3 is 10.2 Å². The number of nitrogens with one attached hydrogen (secondary N) is 1. The van der Waals surface area contributed by atoms with Gasteiger partial charge in [-0.05, 0) is 37.9 Å². The van der Waals surface area contributed by atoms with Crippen LogP contribution < -0.4 is 5.32 Å². The highest BCUT2D eigenvalue weighted by Gasteiger charge is 2.28. The molecule has 3 nitrogen and oxygen atoms in total. The molecule has 1 N–H and O–H groups in total. The molecule has 1 amide bonds. The van der Waals surface area contributed by atoms with Crippen LogP contribution in [0.4, 0.5) is 4.39 Å². The van der Waals surface area contributed by atoms with Gasteiger partial charge in [0.1, 0.15) is 5.82 Å². The number of benzene rings is 1. The smallest absolute Gasteiger partial charge is 0.257 e. The van der Waals surface area contributed by atoms with Gasteiger partial charge in [-0.2, -0.15) is 0 Å². The number of carbonyl (C=O) groups is 1. The van der Waals surface area contributed by atoms with Crippen LogP contribution in [0.3, 0.4) is 0 Å². The van der Waals surface area contributed by atoms with Crippen molar-refractivity contribution in [1.29, 1.82) is 0 Å². The summed E-state index contributed by atoms with van der Waals surface area (Å²) in [6.45, 7) is 6.13. The maximum atomic E-state index is 14.1. The van der Waals surface area contributed by atoms with Crippen molar-refractivity contribution in [2.24, 2.45) is 0 Å². The molecular weight excluding hydrogens is 279 g/mol. The van der Waals surface area contributed by atoms with Crippen molar-refractivity contribution in [2.75, 3.05) is 19.6 Å². The van der Waals surface area contributed by atoms with E-state index < -0.39 is 0 Å². The maximum Gasteiger partial charge on any atom is 0.257 e. The first kappa shape index (κ1) is 16.9. The molecule has 0 bridgehead atoms. The van der Waals surface area contributed by atoms with E-state index in [0.717, 1.165) is 25.9 Å². The predicted octanol–water partition coefficient (Wildman–Crippen LogP) is 2.77.